The lowest BCUT2D eigenvalue weighted by Crippen LogP contribution is -2.26. The quantitative estimate of drug-likeness (QED) is 0.374. The van der Waals surface area contributed by atoms with Gasteiger partial charge in [-0.3, -0.25) is 4.79 Å². The number of nitriles is 1. The highest BCUT2D eigenvalue weighted by Gasteiger charge is 2.38. The Bertz CT molecular complexity index is 1380. The molecule has 0 spiro atoms. The molecule has 1 aliphatic rings. The number of carbonyl (C=O) groups is 1. The molecule has 1 aliphatic heterocycles. The standard InChI is InChI=1S/C24H20N6O/c1-24(2)19-6-5-15(11-21(19)30-23(24)31)27-17-9-18(13-25)29-22(12-17)28-16-4-3-14-7-8-26-20(14)10-16/h3-12,26H,1-2H3,(H,30,31)(H2,27,28,29). The molecule has 0 aliphatic carbocycles. The first kappa shape index (κ1) is 18.7. The van der Waals surface area contributed by atoms with E-state index in [0.717, 1.165) is 39.2 Å². The minimum absolute atomic E-state index is 0.0131. The molecule has 152 valence electrons. The number of aromatic amines is 1. The number of benzene rings is 2. The van der Waals surface area contributed by atoms with Gasteiger partial charge in [0.2, 0.25) is 5.91 Å². The van der Waals surface area contributed by atoms with Crippen LogP contribution in [0.2, 0.25) is 0 Å². The smallest absolute Gasteiger partial charge is 0.234 e. The summed E-state index contributed by atoms with van der Waals surface area (Å²) in [5, 5.41) is 20.1. The first-order valence-corrected chi connectivity index (χ1v) is 9.92. The van der Waals surface area contributed by atoms with Gasteiger partial charge in [-0.25, -0.2) is 4.98 Å². The second-order valence-corrected chi connectivity index (χ2v) is 8.11. The molecule has 7 heteroatoms. The van der Waals surface area contributed by atoms with E-state index in [9.17, 15) is 10.1 Å². The third kappa shape index (κ3) is 3.34. The second kappa shape index (κ2) is 6.89. The van der Waals surface area contributed by atoms with Crippen molar-refractivity contribution in [3.8, 4) is 6.07 Å². The Labute approximate surface area is 179 Å². The Morgan fingerprint density at radius 3 is 2.61 bits per heavy atom. The fourth-order valence-corrected chi connectivity index (χ4v) is 3.84. The first-order chi connectivity index (χ1) is 14.9. The molecule has 0 saturated carbocycles. The van der Waals surface area contributed by atoms with Crippen LogP contribution in [0.5, 0.6) is 0 Å². The molecule has 3 heterocycles. The van der Waals surface area contributed by atoms with Crippen LogP contribution in [0.3, 0.4) is 0 Å². The molecule has 2 aromatic heterocycles. The van der Waals surface area contributed by atoms with Gasteiger partial charge in [-0.05, 0) is 61.2 Å². The van der Waals surface area contributed by atoms with Gasteiger partial charge in [-0.15, -0.1) is 0 Å². The zero-order chi connectivity index (χ0) is 21.6. The van der Waals surface area contributed by atoms with Gasteiger partial charge in [0, 0.05) is 40.5 Å². The SMILES string of the molecule is CC1(C)C(=O)Nc2cc(Nc3cc(C#N)nc(Nc4ccc5cc[nH]c5c4)c3)ccc21. The minimum atomic E-state index is -0.546. The van der Waals surface area contributed by atoms with Crippen molar-refractivity contribution in [2.45, 2.75) is 19.3 Å². The highest BCUT2D eigenvalue weighted by atomic mass is 16.2. The molecule has 0 unspecified atom stereocenters. The van der Waals surface area contributed by atoms with Crippen LogP contribution in [-0.2, 0) is 10.2 Å². The average molecular weight is 408 g/mol. The van der Waals surface area contributed by atoms with E-state index in [-0.39, 0.29) is 5.91 Å². The molecule has 5 rings (SSSR count). The molecule has 0 bridgehead atoms. The Hall–Kier alpha value is -4.31. The average Bonchev–Trinajstić information content (AvgIpc) is 3.29. The minimum Gasteiger partial charge on any atom is -0.361 e. The van der Waals surface area contributed by atoms with E-state index in [0.29, 0.717) is 11.5 Å². The van der Waals surface area contributed by atoms with Crippen molar-refractivity contribution in [2.75, 3.05) is 16.0 Å². The number of hydrogen-bond donors (Lipinski definition) is 4. The zero-order valence-electron chi connectivity index (χ0n) is 17.1. The largest absolute Gasteiger partial charge is 0.361 e. The molecule has 0 fully saturated rings. The summed E-state index contributed by atoms with van der Waals surface area (Å²) in [7, 11) is 0. The predicted octanol–water partition coefficient (Wildman–Crippen LogP) is 5.15. The molecular formula is C24H20N6O. The van der Waals surface area contributed by atoms with E-state index in [2.05, 4.69) is 32.0 Å². The highest BCUT2D eigenvalue weighted by molar-refractivity contribution is 6.06. The van der Waals surface area contributed by atoms with Crippen molar-refractivity contribution in [3.63, 3.8) is 0 Å². The number of H-pyrrole nitrogens is 1. The number of rotatable bonds is 4. The van der Waals surface area contributed by atoms with Crippen LogP contribution in [-0.4, -0.2) is 15.9 Å². The van der Waals surface area contributed by atoms with Gasteiger partial charge in [-0.2, -0.15) is 5.26 Å². The summed E-state index contributed by atoms with van der Waals surface area (Å²) < 4.78 is 0. The fraction of sp³-hybridized carbons (Fsp3) is 0.125. The lowest BCUT2D eigenvalue weighted by molar-refractivity contribution is -0.119. The molecule has 7 nitrogen and oxygen atoms in total. The summed E-state index contributed by atoms with van der Waals surface area (Å²) in [4.78, 5) is 19.8. The number of aromatic nitrogens is 2. The monoisotopic (exact) mass is 408 g/mol. The molecule has 2 aromatic carbocycles. The fourth-order valence-electron chi connectivity index (χ4n) is 3.84. The van der Waals surface area contributed by atoms with Gasteiger partial charge in [0.25, 0.3) is 0 Å². The van der Waals surface area contributed by atoms with Crippen molar-refractivity contribution in [1.29, 1.82) is 5.26 Å². The molecule has 0 saturated heterocycles. The van der Waals surface area contributed by atoms with E-state index in [1.54, 1.807) is 6.07 Å². The summed E-state index contributed by atoms with van der Waals surface area (Å²) in [5.41, 5.74) is 4.93. The van der Waals surface area contributed by atoms with Gasteiger partial charge < -0.3 is 20.9 Å². The van der Waals surface area contributed by atoms with Crippen molar-refractivity contribution in [2.24, 2.45) is 0 Å². The van der Waals surface area contributed by atoms with Crippen LogP contribution in [0.15, 0.2) is 60.8 Å². The van der Waals surface area contributed by atoms with Crippen LogP contribution >= 0.6 is 0 Å². The van der Waals surface area contributed by atoms with Crippen LogP contribution < -0.4 is 16.0 Å². The number of anilines is 5. The summed E-state index contributed by atoms with van der Waals surface area (Å²) in [5.74, 6) is 0.545. The lowest BCUT2D eigenvalue weighted by Gasteiger charge is -2.15. The van der Waals surface area contributed by atoms with E-state index < -0.39 is 5.41 Å². The van der Waals surface area contributed by atoms with E-state index in [4.69, 9.17) is 0 Å². The molecule has 31 heavy (non-hydrogen) atoms. The molecule has 0 radical (unpaired) electrons. The number of hydrogen-bond acceptors (Lipinski definition) is 5. The zero-order valence-corrected chi connectivity index (χ0v) is 17.1. The molecule has 4 aromatic rings. The maximum atomic E-state index is 12.2. The van der Waals surface area contributed by atoms with Gasteiger partial charge in [0.05, 0.1) is 5.41 Å². The van der Waals surface area contributed by atoms with E-state index >= 15 is 0 Å². The van der Waals surface area contributed by atoms with Crippen molar-refractivity contribution >= 4 is 45.4 Å². The van der Waals surface area contributed by atoms with Crippen molar-refractivity contribution in [1.82, 2.24) is 9.97 Å². The molecule has 0 atom stereocenters. The Balaban J connectivity index is 1.43. The maximum absolute atomic E-state index is 12.2. The predicted molar refractivity (Wildman–Crippen MR) is 122 cm³/mol. The van der Waals surface area contributed by atoms with Gasteiger partial charge in [0.15, 0.2) is 0 Å². The van der Waals surface area contributed by atoms with Crippen molar-refractivity contribution < 1.29 is 4.79 Å². The third-order valence-corrected chi connectivity index (χ3v) is 5.56. The molecule has 1 amide bonds. The number of pyridine rings is 1. The molecule has 4 N–H and O–H groups in total. The Kier molecular flexibility index (Phi) is 4.15. The third-order valence-electron chi connectivity index (χ3n) is 5.56. The Morgan fingerprint density at radius 2 is 1.77 bits per heavy atom. The Morgan fingerprint density at radius 1 is 0.968 bits per heavy atom. The number of nitrogens with zero attached hydrogens (tertiary/aromatic N) is 2. The normalized spacial score (nSPS) is 14.0. The summed E-state index contributed by atoms with van der Waals surface area (Å²) in [6.07, 6.45) is 1.89. The van der Waals surface area contributed by atoms with Gasteiger partial charge in [0.1, 0.15) is 17.6 Å². The van der Waals surface area contributed by atoms with Gasteiger partial charge >= 0.3 is 0 Å². The molecular weight excluding hydrogens is 388 g/mol. The maximum Gasteiger partial charge on any atom is 0.234 e. The van der Waals surface area contributed by atoms with Crippen LogP contribution in [0, 0.1) is 11.3 Å². The summed E-state index contributed by atoms with van der Waals surface area (Å²) >= 11 is 0. The summed E-state index contributed by atoms with van der Waals surface area (Å²) in [6.45, 7) is 3.82. The van der Waals surface area contributed by atoms with Crippen LogP contribution in [0.4, 0.5) is 28.6 Å². The number of carbonyl (C=O) groups excluding carboxylic acids is 1. The van der Waals surface area contributed by atoms with Gasteiger partial charge in [-0.1, -0.05) is 12.1 Å². The number of fused-ring (bicyclic) bond motifs is 2. The van der Waals surface area contributed by atoms with E-state index in [1.165, 1.54) is 0 Å². The van der Waals surface area contributed by atoms with Crippen molar-refractivity contribution in [3.05, 3.63) is 72.1 Å². The first-order valence-electron chi connectivity index (χ1n) is 9.92. The highest BCUT2D eigenvalue weighted by Crippen LogP contribution is 2.39. The number of nitrogens with one attached hydrogen (secondary N) is 4. The topological polar surface area (TPSA) is 106 Å². The van der Waals surface area contributed by atoms with Crippen LogP contribution in [0.25, 0.3) is 10.9 Å². The number of amides is 1. The van der Waals surface area contributed by atoms with Crippen LogP contribution in [0.1, 0.15) is 25.1 Å². The van der Waals surface area contributed by atoms with E-state index in [1.807, 2.05) is 68.6 Å². The second-order valence-electron chi connectivity index (χ2n) is 8.11. The summed E-state index contributed by atoms with van der Waals surface area (Å²) in [6, 6.07) is 19.4. The lowest BCUT2D eigenvalue weighted by atomic mass is 9.86.